The zero-order valence-electron chi connectivity index (χ0n) is 20.3. The molecule has 0 aliphatic carbocycles. The van der Waals surface area contributed by atoms with Gasteiger partial charge in [0.2, 0.25) is 0 Å². The molecule has 0 saturated carbocycles. The first kappa shape index (κ1) is 26.3. The van der Waals surface area contributed by atoms with Gasteiger partial charge in [0, 0.05) is 19.6 Å². The Hall–Kier alpha value is -2.31. The number of carbonyl (C=O) groups is 1. The van der Waals surface area contributed by atoms with Crippen LogP contribution < -0.4 is 0 Å². The topological polar surface area (TPSA) is 38.8 Å². The van der Waals surface area contributed by atoms with Crippen LogP contribution in [-0.2, 0) is 14.3 Å². The van der Waals surface area contributed by atoms with Crippen LogP contribution in [-0.4, -0.2) is 43.7 Å². The van der Waals surface area contributed by atoms with Crippen molar-refractivity contribution in [3.8, 4) is 0 Å². The lowest BCUT2D eigenvalue weighted by Gasteiger charge is -2.36. The molecule has 2 aromatic carbocycles. The number of nitrogens with zero attached hydrogens (tertiary/aromatic N) is 1. The third-order valence-corrected chi connectivity index (χ3v) is 6.65. The molecule has 2 aromatic rings. The number of likely N-dealkylation sites (tertiary alicyclic amines) is 1. The fourth-order valence-corrected chi connectivity index (χ4v) is 4.70. The van der Waals surface area contributed by atoms with Crippen LogP contribution in [0.3, 0.4) is 0 Å². The number of unbranched alkanes of at least 4 members (excludes halogenated alkanes) is 2. The summed E-state index contributed by atoms with van der Waals surface area (Å²) in [6.07, 6.45) is 4.30. The highest BCUT2D eigenvalue weighted by molar-refractivity contribution is 5.69. The molecule has 0 aromatic heterocycles. The summed E-state index contributed by atoms with van der Waals surface area (Å²) in [6.45, 7) is 8.22. The Bertz CT molecular complexity index is 827. The number of hydrogen-bond acceptors (Lipinski definition) is 4. The summed E-state index contributed by atoms with van der Waals surface area (Å²) in [7, 11) is 0. The largest absolute Gasteiger partial charge is 0.466 e. The fourth-order valence-electron chi connectivity index (χ4n) is 4.70. The average molecular weight is 474 g/mol. The molecule has 3 rings (SSSR count). The van der Waals surface area contributed by atoms with E-state index in [4.69, 9.17) is 9.47 Å². The van der Waals surface area contributed by atoms with Crippen LogP contribution in [0.1, 0.15) is 63.2 Å². The summed E-state index contributed by atoms with van der Waals surface area (Å²) in [5.41, 5.74) is 1.71. The monoisotopic (exact) mass is 473 g/mol. The van der Waals surface area contributed by atoms with Crippen LogP contribution in [0, 0.1) is 23.5 Å². The van der Waals surface area contributed by atoms with Crippen LogP contribution in [0.2, 0.25) is 0 Å². The second-order valence-corrected chi connectivity index (χ2v) is 9.25. The minimum absolute atomic E-state index is 0.0765. The molecular formula is C28H37F2NO3. The molecule has 0 unspecified atom stereocenters. The van der Waals surface area contributed by atoms with E-state index in [1.165, 1.54) is 24.3 Å². The Morgan fingerprint density at radius 2 is 1.62 bits per heavy atom. The molecule has 186 valence electrons. The van der Waals surface area contributed by atoms with E-state index in [0.29, 0.717) is 31.5 Å². The van der Waals surface area contributed by atoms with E-state index >= 15 is 0 Å². The molecule has 0 N–H and O–H groups in total. The first-order valence-electron chi connectivity index (χ1n) is 12.5. The van der Waals surface area contributed by atoms with Gasteiger partial charge in [-0.15, -0.1) is 0 Å². The normalized spacial score (nSPS) is 18.9. The molecule has 34 heavy (non-hydrogen) atoms. The van der Waals surface area contributed by atoms with E-state index in [1.54, 1.807) is 24.3 Å². The van der Waals surface area contributed by atoms with E-state index in [1.807, 2.05) is 6.92 Å². The maximum atomic E-state index is 13.4. The summed E-state index contributed by atoms with van der Waals surface area (Å²) in [5.74, 6) is 0.251. The van der Waals surface area contributed by atoms with Crippen molar-refractivity contribution in [2.24, 2.45) is 11.8 Å². The molecule has 0 spiro atoms. The van der Waals surface area contributed by atoms with Gasteiger partial charge in [-0.1, -0.05) is 31.2 Å². The fraction of sp³-hybridized carbons (Fsp3) is 0.536. The maximum absolute atomic E-state index is 13.4. The van der Waals surface area contributed by atoms with E-state index in [2.05, 4.69) is 11.8 Å². The molecule has 1 saturated heterocycles. The molecular weight excluding hydrogens is 436 g/mol. The van der Waals surface area contributed by atoms with Crippen molar-refractivity contribution >= 4 is 5.97 Å². The predicted octanol–water partition coefficient (Wildman–Crippen LogP) is 6.15. The number of carbonyl (C=O) groups excluding carboxylic acids is 1. The number of benzene rings is 2. The summed E-state index contributed by atoms with van der Waals surface area (Å²) in [6, 6.07) is 12.6. The molecule has 1 aliphatic heterocycles. The summed E-state index contributed by atoms with van der Waals surface area (Å²) in [5, 5.41) is 0. The third kappa shape index (κ3) is 8.17. The highest BCUT2D eigenvalue weighted by Crippen LogP contribution is 2.28. The number of rotatable bonds is 12. The molecule has 0 radical (unpaired) electrons. The second-order valence-electron chi connectivity index (χ2n) is 9.25. The molecule has 6 heteroatoms. The third-order valence-electron chi connectivity index (χ3n) is 6.65. The van der Waals surface area contributed by atoms with Crippen LogP contribution in [0.4, 0.5) is 8.78 Å². The number of halogens is 2. The molecule has 4 nitrogen and oxygen atoms in total. The number of hydrogen-bond donors (Lipinski definition) is 0. The smallest absolute Gasteiger partial charge is 0.306 e. The Morgan fingerprint density at radius 3 is 2.18 bits per heavy atom. The van der Waals surface area contributed by atoms with Gasteiger partial charge in [-0.3, -0.25) is 4.79 Å². The quantitative estimate of drug-likeness (QED) is 0.274. The van der Waals surface area contributed by atoms with Crippen molar-refractivity contribution in [1.29, 1.82) is 0 Å². The van der Waals surface area contributed by atoms with Gasteiger partial charge in [0.1, 0.15) is 17.7 Å². The van der Waals surface area contributed by atoms with E-state index in [0.717, 1.165) is 56.4 Å². The predicted molar refractivity (Wildman–Crippen MR) is 129 cm³/mol. The van der Waals surface area contributed by atoms with Crippen LogP contribution in [0.5, 0.6) is 0 Å². The lowest BCUT2D eigenvalue weighted by Crippen LogP contribution is -2.40. The molecule has 0 amide bonds. The maximum Gasteiger partial charge on any atom is 0.306 e. The lowest BCUT2D eigenvalue weighted by atomic mass is 9.84. The van der Waals surface area contributed by atoms with Crippen molar-refractivity contribution in [3.63, 3.8) is 0 Å². The number of piperidine rings is 1. The molecule has 0 bridgehead atoms. The summed E-state index contributed by atoms with van der Waals surface area (Å²) in [4.78, 5) is 14.3. The summed E-state index contributed by atoms with van der Waals surface area (Å²) < 4.78 is 38.0. The first-order chi connectivity index (χ1) is 16.5. The highest BCUT2D eigenvalue weighted by Gasteiger charge is 2.27. The first-order valence-corrected chi connectivity index (χ1v) is 12.5. The van der Waals surface area contributed by atoms with Crippen molar-refractivity contribution in [1.82, 2.24) is 4.90 Å². The Kier molecular flexibility index (Phi) is 10.5. The van der Waals surface area contributed by atoms with Gasteiger partial charge in [-0.25, -0.2) is 8.78 Å². The van der Waals surface area contributed by atoms with Crippen LogP contribution >= 0.6 is 0 Å². The molecule has 2 atom stereocenters. The highest BCUT2D eigenvalue weighted by atomic mass is 19.1. The van der Waals surface area contributed by atoms with Gasteiger partial charge in [0.05, 0.1) is 6.61 Å². The van der Waals surface area contributed by atoms with Gasteiger partial charge < -0.3 is 14.4 Å². The molecule has 1 aliphatic rings. The van der Waals surface area contributed by atoms with Crippen molar-refractivity contribution in [2.75, 3.05) is 32.8 Å². The van der Waals surface area contributed by atoms with Crippen LogP contribution in [0.15, 0.2) is 48.5 Å². The Labute approximate surface area is 202 Å². The molecule has 1 fully saturated rings. The van der Waals surface area contributed by atoms with E-state index < -0.39 is 0 Å². The van der Waals surface area contributed by atoms with Crippen LogP contribution in [0.25, 0.3) is 0 Å². The van der Waals surface area contributed by atoms with Crippen molar-refractivity contribution < 1.29 is 23.0 Å². The Balaban J connectivity index is 1.39. The van der Waals surface area contributed by atoms with Gasteiger partial charge in [0.25, 0.3) is 0 Å². The minimum Gasteiger partial charge on any atom is -0.466 e. The van der Waals surface area contributed by atoms with Gasteiger partial charge in [-0.05, 0) is 92.9 Å². The number of esters is 1. The average Bonchev–Trinajstić information content (AvgIpc) is 2.82. The van der Waals surface area contributed by atoms with Crippen molar-refractivity contribution in [3.05, 3.63) is 71.3 Å². The lowest BCUT2D eigenvalue weighted by molar-refractivity contribution is -0.145. The molecule has 1 heterocycles. The Morgan fingerprint density at radius 1 is 1.00 bits per heavy atom. The standard InChI is InChI=1S/C28H37F2NO3/c1-3-33-27(32)19-24-15-17-31(20-21(24)2)16-5-4-6-18-34-28(22-7-11-25(29)12-8-22)23-9-13-26(30)14-10-23/h7-14,21,24,28H,3-6,15-20H2,1-2H3/t21-,24+/m1/s1. The van der Waals surface area contributed by atoms with Gasteiger partial charge in [-0.2, -0.15) is 0 Å². The van der Waals surface area contributed by atoms with Crippen molar-refractivity contribution in [2.45, 2.75) is 52.1 Å². The number of ether oxygens (including phenoxy) is 2. The van der Waals surface area contributed by atoms with E-state index in [-0.39, 0.29) is 23.7 Å². The van der Waals surface area contributed by atoms with E-state index in [9.17, 15) is 13.6 Å². The second kappa shape index (κ2) is 13.5. The zero-order chi connectivity index (χ0) is 24.3. The summed E-state index contributed by atoms with van der Waals surface area (Å²) >= 11 is 0. The zero-order valence-corrected chi connectivity index (χ0v) is 20.3. The SMILES string of the molecule is CCOC(=O)C[C@@H]1CCN(CCCCCOC(c2ccc(F)cc2)c2ccc(F)cc2)C[C@H]1C. The van der Waals surface area contributed by atoms with Gasteiger partial charge in [0.15, 0.2) is 0 Å². The minimum atomic E-state index is -0.347. The van der Waals surface area contributed by atoms with Gasteiger partial charge >= 0.3 is 5.97 Å².